The van der Waals surface area contributed by atoms with Crippen LogP contribution in [0.1, 0.15) is 38.8 Å². The Labute approximate surface area is 135 Å². The van der Waals surface area contributed by atoms with Crippen molar-refractivity contribution in [3.63, 3.8) is 0 Å². The van der Waals surface area contributed by atoms with Gasteiger partial charge < -0.3 is 0 Å². The Balaban J connectivity index is 2.61. The van der Waals surface area contributed by atoms with E-state index in [1.54, 1.807) is 6.07 Å². The second-order valence-corrected chi connectivity index (χ2v) is 6.55. The van der Waals surface area contributed by atoms with Crippen molar-refractivity contribution in [2.75, 3.05) is 0 Å². The molecule has 0 spiro atoms. The summed E-state index contributed by atoms with van der Waals surface area (Å²) in [7, 11) is 0. The van der Waals surface area contributed by atoms with E-state index in [2.05, 4.69) is 33.8 Å². The SMILES string of the molecule is Cc1cc(C)c(C)c(C(Cl)c2cc(Cl)cc(Cl)c2)c1C. The molecule has 0 aliphatic heterocycles. The van der Waals surface area contributed by atoms with Crippen LogP contribution in [0, 0.1) is 27.7 Å². The molecule has 0 N–H and O–H groups in total. The first kappa shape index (κ1) is 15.7. The summed E-state index contributed by atoms with van der Waals surface area (Å²) < 4.78 is 0. The van der Waals surface area contributed by atoms with Gasteiger partial charge in [0.15, 0.2) is 0 Å². The molecule has 0 fully saturated rings. The standard InChI is InChI=1S/C17H17Cl3/c1-9-5-10(2)12(4)16(11(9)3)17(20)13-6-14(18)8-15(19)7-13/h5-8,17H,1-4H3. The molecule has 2 aromatic carbocycles. The Bertz CT molecular complexity index is 613. The molecule has 1 atom stereocenters. The van der Waals surface area contributed by atoms with E-state index < -0.39 is 0 Å². The van der Waals surface area contributed by atoms with Crippen molar-refractivity contribution in [3.05, 3.63) is 67.7 Å². The molecule has 20 heavy (non-hydrogen) atoms. The Morgan fingerprint density at radius 1 is 0.750 bits per heavy atom. The zero-order valence-electron chi connectivity index (χ0n) is 12.0. The summed E-state index contributed by atoms with van der Waals surface area (Å²) in [4.78, 5) is 0. The summed E-state index contributed by atoms with van der Waals surface area (Å²) in [5.41, 5.74) is 7.04. The van der Waals surface area contributed by atoms with Gasteiger partial charge in [-0.05, 0) is 79.3 Å². The van der Waals surface area contributed by atoms with Crippen molar-refractivity contribution in [3.8, 4) is 0 Å². The molecule has 2 rings (SSSR count). The van der Waals surface area contributed by atoms with Crippen LogP contribution in [0.3, 0.4) is 0 Å². The van der Waals surface area contributed by atoms with E-state index in [0.717, 1.165) is 11.1 Å². The van der Waals surface area contributed by atoms with Crippen molar-refractivity contribution < 1.29 is 0 Å². The molecule has 0 heterocycles. The maximum absolute atomic E-state index is 6.71. The minimum Gasteiger partial charge on any atom is -0.113 e. The van der Waals surface area contributed by atoms with Crippen LogP contribution < -0.4 is 0 Å². The van der Waals surface area contributed by atoms with E-state index in [9.17, 15) is 0 Å². The molecule has 0 radical (unpaired) electrons. The number of benzene rings is 2. The molecule has 106 valence electrons. The highest BCUT2D eigenvalue weighted by Crippen LogP contribution is 2.37. The lowest BCUT2D eigenvalue weighted by molar-refractivity contribution is 1.05. The van der Waals surface area contributed by atoms with E-state index in [1.807, 2.05) is 12.1 Å². The zero-order chi connectivity index (χ0) is 15.0. The van der Waals surface area contributed by atoms with Gasteiger partial charge in [-0.2, -0.15) is 0 Å². The molecule has 0 saturated heterocycles. The molecule has 3 heteroatoms. The third-order valence-electron chi connectivity index (χ3n) is 3.86. The first-order valence-corrected chi connectivity index (χ1v) is 7.68. The lowest BCUT2D eigenvalue weighted by atomic mass is 9.90. The maximum Gasteiger partial charge on any atom is 0.0841 e. The van der Waals surface area contributed by atoms with E-state index in [4.69, 9.17) is 34.8 Å². The van der Waals surface area contributed by atoms with Crippen LogP contribution in [0.5, 0.6) is 0 Å². The highest BCUT2D eigenvalue weighted by molar-refractivity contribution is 6.35. The molecular formula is C17H17Cl3. The van der Waals surface area contributed by atoms with Gasteiger partial charge in [0.1, 0.15) is 0 Å². The molecular weight excluding hydrogens is 311 g/mol. The molecule has 0 aromatic heterocycles. The number of rotatable bonds is 2. The molecule has 0 aliphatic carbocycles. The second kappa shape index (κ2) is 5.97. The summed E-state index contributed by atoms with van der Waals surface area (Å²) in [6, 6.07) is 7.67. The normalized spacial score (nSPS) is 12.6. The fourth-order valence-electron chi connectivity index (χ4n) is 2.52. The molecule has 2 aromatic rings. The van der Waals surface area contributed by atoms with Crippen molar-refractivity contribution in [1.29, 1.82) is 0 Å². The largest absolute Gasteiger partial charge is 0.113 e. The lowest BCUT2D eigenvalue weighted by Gasteiger charge is -2.20. The van der Waals surface area contributed by atoms with Gasteiger partial charge in [0.2, 0.25) is 0 Å². The predicted octanol–water partition coefficient (Wildman–Crippen LogP) is 6.56. The van der Waals surface area contributed by atoms with Crippen LogP contribution in [0.25, 0.3) is 0 Å². The number of hydrogen-bond donors (Lipinski definition) is 0. The first-order valence-electron chi connectivity index (χ1n) is 6.48. The average molecular weight is 328 g/mol. The van der Waals surface area contributed by atoms with Gasteiger partial charge in [-0.15, -0.1) is 11.6 Å². The maximum atomic E-state index is 6.71. The molecule has 0 aliphatic rings. The highest BCUT2D eigenvalue weighted by Gasteiger charge is 2.19. The van der Waals surface area contributed by atoms with Crippen LogP contribution in [0.4, 0.5) is 0 Å². The summed E-state index contributed by atoms with van der Waals surface area (Å²) in [6.45, 7) is 8.44. The summed E-state index contributed by atoms with van der Waals surface area (Å²) in [5.74, 6) is 0. The zero-order valence-corrected chi connectivity index (χ0v) is 14.3. The minimum atomic E-state index is -0.246. The lowest BCUT2D eigenvalue weighted by Crippen LogP contribution is -2.03. The Morgan fingerprint density at radius 3 is 1.65 bits per heavy atom. The molecule has 0 amide bonds. The monoisotopic (exact) mass is 326 g/mol. The van der Waals surface area contributed by atoms with Gasteiger partial charge in [-0.25, -0.2) is 0 Å². The predicted molar refractivity (Wildman–Crippen MR) is 89.5 cm³/mol. The van der Waals surface area contributed by atoms with Crippen LogP contribution in [0.2, 0.25) is 10.0 Å². The fraction of sp³-hybridized carbons (Fsp3) is 0.294. The first-order chi connectivity index (χ1) is 9.31. The summed E-state index contributed by atoms with van der Waals surface area (Å²) >= 11 is 18.9. The topological polar surface area (TPSA) is 0 Å². The minimum absolute atomic E-state index is 0.246. The van der Waals surface area contributed by atoms with Crippen molar-refractivity contribution in [2.24, 2.45) is 0 Å². The van der Waals surface area contributed by atoms with Crippen LogP contribution >= 0.6 is 34.8 Å². The van der Waals surface area contributed by atoms with E-state index in [0.29, 0.717) is 10.0 Å². The number of hydrogen-bond acceptors (Lipinski definition) is 0. The molecule has 0 bridgehead atoms. The van der Waals surface area contributed by atoms with Crippen LogP contribution in [-0.2, 0) is 0 Å². The van der Waals surface area contributed by atoms with Crippen LogP contribution in [-0.4, -0.2) is 0 Å². The van der Waals surface area contributed by atoms with Gasteiger partial charge in [-0.3, -0.25) is 0 Å². The smallest absolute Gasteiger partial charge is 0.0841 e. The fourth-order valence-corrected chi connectivity index (χ4v) is 3.51. The van der Waals surface area contributed by atoms with Crippen molar-refractivity contribution in [1.82, 2.24) is 0 Å². The highest BCUT2D eigenvalue weighted by atomic mass is 35.5. The van der Waals surface area contributed by atoms with Gasteiger partial charge in [0.25, 0.3) is 0 Å². The van der Waals surface area contributed by atoms with E-state index in [1.165, 1.54) is 22.3 Å². The Morgan fingerprint density at radius 2 is 1.20 bits per heavy atom. The van der Waals surface area contributed by atoms with Crippen molar-refractivity contribution >= 4 is 34.8 Å². The number of alkyl halides is 1. The van der Waals surface area contributed by atoms with E-state index >= 15 is 0 Å². The Kier molecular flexibility index (Phi) is 4.69. The summed E-state index contributed by atoms with van der Waals surface area (Å²) in [5, 5.41) is 0.973. The van der Waals surface area contributed by atoms with Gasteiger partial charge in [0, 0.05) is 10.0 Å². The van der Waals surface area contributed by atoms with Gasteiger partial charge >= 0.3 is 0 Å². The molecule has 1 unspecified atom stereocenters. The second-order valence-electron chi connectivity index (χ2n) is 5.24. The third-order valence-corrected chi connectivity index (χ3v) is 4.76. The quantitative estimate of drug-likeness (QED) is 0.548. The van der Waals surface area contributed by atoms with E-state index in [-0.39, 0.29) is 5.38 Å². The number of halogens is 3. The van der Waals surface area contributed by atoms with Gasteiger partial charge in [0.05, 0.1) is 5.38 Å². The Hall–Kier alpha value is -0.690. The van der Waals surface area contributed by atoms with Crippen molar-refractivity contribution in [2.45, 2.75) is 33.1 Å². The van der Waals surface area contributed by atoms with Gasteiger partial charge in [-0.1, -0.05) is 29.3 Å². The summed E-state index contributed by atoms with van der Waals surface area (Å²) in [6.07, 6.45) is 0. The molecule has 0 nitrogen and oxygen atoms in total. The number of aryl methyl sites for hydroxylation is 2. The average Bonchev–Trinajstić information content (AvgIpc) is 2.35. The third kappa shape index (κ3) is 2.98. The van der Waals surface area contributed by atoms with Crippen LogP contribution in [0.15, 0.2) is 24.3 Å². The molecule has 0 saturated carbocycles.